The van der Waals surface area contributed by atoms with Crippen molar-refractivity contribution in [3.8, 4) is 0 Å². The molecule has 0 saturated heterocycles. The molecule has 3 rings (SSSR count). The Bertz CT molecular complexity index is 948. The van der Waals surface area contributed by atoms with E-state index in [9.17, 15) is 9.18 Å². The summed E-state index contributed by atoms with van der Waals surface area (Å²) in [5, 5.41) is 11.7. The molecule has 0 fully saturated rings. The van der Waals surface area contributed by atoms with Gasteiger partial charge in [-0.25, -0.2) is 19.2 Å². The minimum absolute atomic E-state index is 0.00849. The van der Waals surface area contributed by atoms with Gasteiger partial charge in [0, 0.05) is 5.69 Å². The smallest absolute Gasteiger partial charge is 0.338 e. The number of nitrogens with one attached hydrogen (secondary N) is 1. The Kier molecular flexibility index (Phi) is 3.78. The van der Waals surface area contributed by atoms with Gasteiger partial charge in [0.05, 0.1) is 24.0 Å². The first-order valence-corrected chi connectivity index (χ1v) is 6.75. The Labute approximate surface area is 134 Å². The summed E-state index contributed by atoms with van der Waals surface area (Å²) in [6, 6.07) is 3.73. The van der Waals surface area contributed by atoms with Crippen LogP contribution in [0.15, 0.2) is 24.4 Å². The van der Waals surface area contributed by atoms with E-state index in [-0.39, 0.29) is 24.0 Å². The topological polar surface area (TPSA) is 153 Å². The first-order valence-electron chi connectivity index (χ1n) is 6.75. The highest BCUT2D eigenvalue weighted by atomic mass is 19.1. The third-order valence-corrected chi connectivity index (χ3v) is 3.17. The monoisotopic (exact) mass is 329 g/mol. The molecule has 0 aliphatic rings. The summed E-state index contributed by atoms with van der Waals surface area (Å²) in [5.74, 6) is -2.03. The van der Waals surface area contributed by atoms with Crippen molar-refractivity contribution in [1.29, 1.82) is 0 Å². The maximum absolute atomic E-state index is 13.6. The number of benzene rings is 1. The molecule has 0 amide bonds. The lowest BCUT2D eigenvalue weighted by Crippen LogP contribution is -2.07. The van der Waals surface area contributed by atoms with E-state index in [2.05, 4.69) is 25.3 Å². The molecular formula is C14H12FN7O2. The largest absolute Gasteiger partial charge is 0.478 e. The number of fused-ring (bicyclic) bond motifs is 1. The van der Waals surface area contributed by atoms with Crippen LogP contribution in [-0.4, -0.2) is 31.0 Å². The predicted octanol–water partition coefficient (Wildman–Crippen LogP) is 1.03. The fourth-order valence-corrected chi connectivity index (χ4v) is 2.06. The van der Waals surface area contributed by atoms with E-state index in [0.717, 1.165) is 6.07 Å². The second-order valence-electron chi connectivity index (χ2n) is 4.85. The highest BCUT2D eigenvalue weighted by molar-refractivity contribution is 5.88. The SMILES string of the molecule is Nc1nc(N)c2nc(CNc3ccc(C(=O)O)c(F)c3)cnc2n1. The van der Waals surface area contributed by atoms with Gasteiger partial charge in [-0.05, 0) is 18.2 Å². The van der Waals surface area contributed by atoms with E-state index >= 15 is 0 Å². The van der Waals surface area contributed by atoms with Gasteiger partial charge in [-0.1, -0.05) is 0 Å². The molecule has 0 aliphatic carbocycles. The lowest BCUT2D eigenvalue weighted by molar-refractivity contribution is 0.0692. The van der Waals surface area contributed by atoms with E-state index in [1.54, 1.807) is 0 Å². The number of nitrogens with two attached hydrogens (primary N) is 2. The summed E-state index contributed by atoms with van der Waals surface area (Å²) in [7, 11) is 0. The van der Waals surface area contributed by atoms with Crippen LogP contribution in [0.3, 0.4) is 0 Å². The van der Waals surface area contributed by atoms with Crippen molar-refractivity contribution in [2.24, 2.45) is 0 Å². The van der Waals surface area contributed by atoms with Gasteiger partial charge in [0.2, 0.25) is 5.95 Å². The van der Waals surface area contributed by atoms with E-state index in [0.29, 0.717) is 16.9 Å². The van der Waals surface area contributed by atoms with Crippen LogP contribution in [0.4, 0.5) is 21.8 Å². The minimum atomic E-state index is -1.32. The van der Waals surface area contributed by atoms with Crippen LogP contribution in [0.2, 0.25) is 0 Å². The van der Waals surface area contributed by atoms with Crippen LogP contribution in [-0.2, 0) is 6.54 Å². The number of hydrogen-bond acceptors (Lipinski definition) is 8. The molecule has 0 aliphatic heterocycles. The van der Waals surface area contributed by atoms with Gasteiger partial charge in [-0.3, -0.25) is 0 Å². The molecule has 0 spiro atoms. The van der Waals surface area contributed by atoms with Crippen molar-refractivity contribution in [2.75, 3.05) is 16.8 Å². The van der Waals surface area contributed by atoms with Crippen LogP contribution >= 0.6 is 0 Å². The summed E-state index contributed by atoms with van der Waals surface area (Å²) in [5.41, 5.74) is 12.3. The van der Waals surface area contributed by atoms with Gasteiger partial charge in [-0.2, -0.15) is 9.97 Å². The molecule has 24 heavy (non-hydrogen) atoms. The number of anilines is 3. The summed E-state index contributed by atoms with van der Waals surface area (Å²) in [6.45, 7) is 0.221. The second-order valence-corrected chi connectivity index (χ2v) is 4.85. The normalized spacial score (nSPS) is 10.7. The molecule has 0 unspecified atom stereocenters. The fourth-order valence-electron chi connectivity index (χ4n) is 2.06. The Balaban J connectivity index is 1.81. The number of aromatic nitrogens is 4. The number of halogens is 1. The number of carboxylic acid groups (broad SMARTS) is 1. The van der Waals surface area contributed by atoms with Crippen LogP contribution in [0, 0.1) is 5.82 Å². The molecule has 0 bridgehead atoms. The lowest BCUT2D eigenvalue weighted by atomic mass is 10.2. The molecule has 6 N–H and O–H groups in total. The molecule has 3 aromatic rings. The molecule has 122 valence electrons. The van der Waals surface area contributed by atoms with Crippen molar-refractivity contribution < 1.29 is 14.3 Å². The predicted molar refractivity (Wildman–Crippen MR) is 84.6 cm³/mol. The maximum atomic E-state index is 13.6. The maximum Gasteiger partial charge on any atom is 0.338 e. The Morgan fingerprint density at radius 3 is 2.75 bits per heavy atom. The van der Waals surface area contributed by atoms with Crippen LogP contribution in [0.25, 0.3) is 11.2 Å². The molecule has 0 radical (unpaired) electrons. The lowest BCUT2D eigenvalue weighted by Gasteiger charge is -2.08. The standard InChI is InChI=1S/C14H12FN7O2/c15-9-3-6(1-2-8(9)13(23)24)18-4-7-5-19-12-10(20-7)11(16)21-14(17)22-12/h1-3,5,18H,4H2,(H,23,24)(H4,16,17,19,21,22). The first-order chi connectivity index (χ1) is 11.4. The van der Waals surface area contributed by atoms with Gasteiger partial charge in [0.25, 0.3) is 0 Å². The van der Waals surface area contributed by atoms with Crippen LogP contribution < -0.4 is 16.8 Å². The van der Waals surface area contributed by atoms with E-state index in [1.807, 2.05) is 0 Å². The number of nitrogens with zero attached hydrogens (tertiary/aromatic N) is 4. The van der Waals surface area contributed by atoms with Gasteiger partial charge in [0.15, 0.2) is 17.0 Å². The number of nitrogen functional groups attached to an aromatic ring is 2. The molecular weight excluding hydrogens is 317 g/mol. The summed E-state index contributed by atoms with van der Waals surface area (Å²) in [4.78, 5) is 26.9. The van der Waals surface area contributed by atoms with Crippen molar-refractivity contribution in [1.82, 2.24) is 19.9 Å². The zero-order chi connectivity index (χ0) is 17.3. The number of carbonyl (C=O) groups is 1. The highest BCUT2D eigenvalue weighted by Gasteiger charge is 2.11. The number of rotatable bonds is 4. The molecule has 1 aromatic carbocycles. The quantitative estimate of drug-likeness (QED) is 0.549. The summed E-state index contributed by atoms with van der Waals surface area (Å²) < 4.78 is 13.6. The highest BCUT2D eigenvalue weighted by Crippen LogP contribution is 2.17. The third-order valence-electron chi connectivity index (χ3n) is 3.17. The Hall–Kier alpha value is -3.56. The molecule has 10 heteroatoms. The van der Waals surface area contributed by atoms with Crippen LogP contribution in [0.1, 0.15) is 16.1 Å². The summed E-state index contributed by atoms with van der Waals surface area (Å²) >= 11 is 0. The minimum Gasteiger partial charge on any atom is -0.478 e. The second kappa shape index (κ2) is 5.91. The van der Waals surface area contributed by atoms with Crippen molar-refractivity contribution >= 4 is 34.6 Å². The van der Waals surface area contributed by atoms with Gasteiger partial charge in [-0.15, -0.1) is 0 Å². The van der Waals surface area contributed by atoms with E-state index in [4.69, 9.17) is 16.6 Å². The zero-order valence-corrected chi connectivity index (χ0v) is 12.2. The van der Waals surface area contributed by atoms with Crippen molar-refractivity contribution in [3.63, 3.8) is 0 Å². The van der Waals surface area contributed by atoms with Gasteiger partial charge in [0.1, 0.15) is 5.82 Å². The van der Waals surface area contributed by atoms with Crippen molar-refractivity contribution in [2.45, 2.75) is 6.54 Å². The molecule has 2 aromatic heterocycles. The molecule has 9 nitrogen and oxygen atoms in total. The fraction of sp³-hybridized carbons (Fsp3) is 0.0714. The number of aromatic carboxylic acids is 1. The van der Waals surface area contributed by atoms with Crippen LogP contribution in [0.5, 0.6) is 0 Å². The summed E-state index contributed by atoms with van der Waals surface area (Å²) in [6.07, 6.45) is 1.48. The zero-order valence-electron chi connectivity index (χ0n) is 12.2. The molecule has 2 heterocycles. The number of carboxylic acids is 1. The van der Waals surface area contributed by atoms with Gasteiger partial charge >= 0.3 is 5.97 Å². The van der Waals surface area contributed by atoms with E-state index < -0.39 is 17.3 Å². The average Bonchev–Trinajstić information content (AvgIpc) is 2.52. The van der Waals surface area contributed by atoms with Crippen molar-refractivity contribution in [3.05, 3.63) is 41.5 Å². The Morgan fingerprint density at radius 2 is 2.04 bits per heavy atom. The average molecular weight is 329 g/mol. The Morgan fingerprint density at radius 1 is 1.25 bits per heavy atom. The number of hydrogen-bond donors (Lipinski definition) is 4. The van der Waals surface area contributed by atoms with E-state index in [1.165, 1.54) is 18.3 Å². The van der Waals surface area contributed by atoms with Gasteiger partial charge < -0.3 is 21.9 Å². The molecule has 0 saturated carbocycles. The third kappa shape index (κ3) is 2.97. The molecule has 0 atom stereocenters. The first kappa shape index (κ1) is 15.3.